The summed E-state index contributed by atoms with van der Waals surface area (Å²) in [6.07, 6.45) is 5.50. The first-order valence-electron chi connectivity index (χ1n) is 8.14. The van der Waals surface area contributed by atoms with Crippen LogP contribution in [0.4, 0.5) is 10.5 Å². The summed E-state index contributed by atoms with van der Waals surface area (Å²) in [5.74, 6) is -0.0914. The molecule has 1 aliphatic rings. The number of carbonyl (C=O) groups is 2. The minimum atomic E-state index is -0.630. The van der Waals surface area contributed by atoms with Crippen LogP contribution in [0.3, 0.4) is 0 Å². The molecule has 0 aliphatic heterocycles. The van der Waals surface area contributed by atoms with E-state index in [2.05, 4.69) is 36.5 Å². The Kier molecular flexibility index (Phi) is 5.17. The molecule has 1 heterocycles. The molecular weight excluding hydrogens is 310 g/mol. The smallest absolute Gasteiger partial charge is 0.319 e. The number of anilines is 1. The molecule has 0 aromatic carbocycles. The van der Waals surface area contributed by atoms with Gasteiger partial charge in [-0.25, -0.2) is 4.79 Å². The van der Waals surface area contributed by atoms with Crippen molar-refractivity contribution in [3.05, 3.63) is 12.4 Å². The highest BCUT2D eigenvalue weighted by molar-refractivity contribution is 5.89. The number of aliphatic hydroxyl groups is 1. The zero-order valence-corrected chi connectivity index (χ0v) is 14.5. The van der Waals surface area contributed by atoms with Crippen LogP contribution >= 0.6 is 0 Å². The highest BCUT2D eigenvalue weighted by atomic mass is 16.3. The molecule has 5 N–H and O–H groups in total. The third-order valence-electron chi connectivity index (χ3n) is 4.35. The fourth-order valence-corrected chi connectivity index (χ4v) is 4.08. The van der Waals surface area contributed by atoms with Gasteiger partial charge in [-0.05, 0) is 30.6 Å². The van der Waals surface area contributed by atoms with Gasteiger partial charge in [0.25, 0.3) is 0 Å². The van der Waals surface area contributed by atoms with Crippen molar-refractivity contribution in [2.45, 2.75) is 52.1 Å². The number of rotatable bonds is 5. The van der Waals surface area contributed by atoms with E-state index in [1.807, 2.05) is 0 Å². The van der Waals surface area contributed by atoms with E-state index >= 15 is 0 Å². The van der Waals surface area contributed by atoms with Gasteiger partial charge in [-0.3, -0.25) is 9.48 Å². The lowest BCUT2D eigenvalue weighted by molar-refractivity contribution is -0.118. The van der Waals surface area contributed by atoms with Crippen LogP contribution in [0.1, 0.15) is 40.0 Å². The van der Waals surface area contributed by atoms with E-state index in [0.717, 1.165) is 19.3 Å². The van der Waals surface area contributed by atoms with Crippen LogP contribution in [0.2, 0.25) is 0 Å². The average molecular weight is 337 g/mol. The number of aliphatic hydroxyl groups excluding tert-OH is 1. The van der Waals surface area contributed by atoms with Crippen LogP contribution < -0.4 is 16.4 Å². The number of nitrogens with two attached hydrogens (primary N) is 1. The first-order valence-corrected chi connectivity index (χ1v) is 8.14. The van der Waals surface area contributed by atoms with Crippen LogP contribution in [0.5, 0.6) is 0 Å². The number of urea groups is 1. The van der Waals surface area contributed by atoms with Crippen molar-refractivity contribution in [3.8, 4) is 0 Å². The molecule has 2 rings (SSSR count). The highest BCUT2D eigenvalue weighted by Gasteiger charge is 2.43. The second-order valence-electron chi connectivity index (χ2n) is 7.76. The summed E-state index contributed by atoms with van der Waals surface area (Å²) < 4.78 is 1.35. The molecule has 0 spiro atoms. The number of primary amides is 1. The Bertz CT molecular complexity index is 613. The van der Waals surface area contributed by atoms with Crippen molar-refractivity contribution in [2.24, 2.45) is 17.1 Å². The predicted octanol–water partition coefficient (Wildman–Crippen LogP) is 1.07. The second-order valence-corrected chi connectivity index (χ2v) is 7.76. The van der Waals surface area contributed by atoms with Gasteiger partial charge in [0.15, 0.2) is 0 Å². The Balaban J connectivity index is 2.01. The van der Waals surface area contributed by atoms with E-state index in [0.29, 0.717) is 11.6 Å². The van der Waals surface area contributed by atoms with Gasteiger partial charge in [-0.1, -0.05) is 20.8 Å². The van der Waals surface area contributed by atoms with Gasteiger partial charge in [-0.15, -0.1) is 0 Å². The molecule has 0 bridgehead atoms. The lowest BCUT2D eigenvalue weighted by Gasteiger charge is -2.47. The fraction of sp³-hybridized carbons (Fsp3) is 0.688. The molecule has 0 radical (unpaired) electrons. The SMILES string of the molecule is C[C@H]1CC(C)(C)C[C@](CO)(NC(=O)Nc2cnn(CC(N)=O)c2)C1. The third kappa shape index (κ3) is 4.70. The summed E-state index contributed by atoms with van der Waals surface area (Å²) in [4.78, 5) is 23.2. The summed E-state index contributed by atoms with van der Waals surface area (Å²) in [5, 5.41) is 19.5. The number of nitrogens with one attached hydrogen (secondary N) is 2. The van der Waals surface area contributed by atoms with E-state index in [4.69, 9.17) is 5.73 Å². The number of hydrogen-bond acceptors (Lipinski definition) is 4. The van der Waals surface area contributed by atoms with Crippen molar-refractivity contribution in [2.75, 3.05) is 11.9 Å². The summed E-state index contributed by atoms with van der Waals surface area (Å²) in [7, 11) is 0. The Morgan fingerprint density at radius 3 is 2.75 bits per heavy atom. The second kappa shape index (κ2) is 6.80. The van der Waals surface area contributed by atoms with Crippen molar-refractivity contribution in [1.82, 2.24) is 15.1 Å². The molecule has 1 aliphatic carbocycles. The maximum atomic E-state index is 12.3. The molecule has 1 fully saturated rings. The quantitative estimate of drug-likeness (QED) is 0.642. The maximum absolute atomic E-state index is 12.3. The monoisotopic (exact) mass is 337 g/mol. The molecule has 8 heteroatoms. The first kappa shape index (κ1) is 18.3. The zero-order chi connectivity index (χ0) is 18.0. The lowest BCUT2D eigenvalue weighted by Crippen LogP contribution is -2.58. The summed E-state index contributed by atoms with van der Waals surface area (Å²) >= 11 is 0. The molecule has 1 saturated carbocycles. The zero-order valence-electron chi connectivity index (χ0n) is 14.5. The largest absolute Gasteiger partial charge is 0.394 e. The van der Waals surface area contributed by atoms with E-state index in [9.17, 15) is 14.7 Å². The van der Waals surface area contributed by atoms with Crippen LogP contribution in [0, 0.1) is 11.3 Å². The van der Waals surface area contributed by atoms with Crippen LogP contribution in [0.25, 0.3) is 0 Å². The molecule has 1 aromatic heterocycles. The molecular formula is C16H27N5O3. The Labute approximate surface area is 141 Å². The third-order valence-corrected chi connectivity index (χ3v) is 4.35. The number of amides is 3. The number of carbonyl (C=O) groups excluding carboxylic acids is 2. The van der Waals surface area contributed by atoms with E-state index in [-0.39, 0.29) is 18.6 Å². The fourth-order valence-electron chi connectivity index (χ4n) is 4.08. The normalized spacial score (nSPS) is 25.9. The first-order chi connectivity index (χ1) is 11.1. The summed E-state index contributed by atoms with van der Waals surface area (Å²) in [6, 6.07) is -0.396. The molecule has 0 unspecified atom stereocenters. The standard InChI is InChI=1S/C16H27N5O3/c1-11-4-15(2,3)9-16(5-11,10-22)20-14(24)19-12-6-18-21(7-12)8-13(17)23/h6-7,11,22H,4-5,8-10H2,1-3H3,(H2,17,23)(H2,19,20,24)/t11-,16+/m0/s1. The van der Waals surface area contributed by atoms with Gasteiger partial charge in [-0.2, -0.15) is 5.10 Å². The average Bonchev–Trinajstić information content (AvgIpc) is 2.82. The van der Waals surface area contributed by atoms with Gasteiger partial charge in [0.05, 0.1) is 24.0 Å². The Hall–Kier alpha value is -2.09. The maximum Gasteiger partial charge on any atom is 0.319 e. The van der Waals surface area contributed by atoms with Gasteiger partial charge < -0.3 is 21.5 Å². The number of hydrogen-bond donors (Lipinski definition) is 4. The summed E-state index contributed by atoms with van der Waals surface area (Å²) in [6.45, 7) is 6.30. The molecule has 134 valence electrons. The molecule has 3 amide bonds. The lowest BCUT2D eigenvalue weighted by atomic mass is 9.64. The number of nitrogens with zero attached hydrogens (tertiary/aromatic N) is 2. The van der Waals surface area contributed by atoms with Crippen molar-refractivity contribution >= 4 is 17.6 Å². The van der Waals surface area contributed by atoms with Crippen LogP contribution in [0.15, 0.2) is 12.4 Å². The molecule has 8 nitrogen and oxygen atoms in total. The van der Waals surface area contributed by atoms with Crippen LogP contribution in [-0.4, -0.2) is 39.0 Å². The Morgan fingerprint density at radius 1 is 1.46 bits per heavy atom. The number of aromatic nitrogens is 2. The molecule has 2 atom stereocenters. The van der Waals surface area contributed by atoms with E-state index in [1.54, 1.807) is 0 Å². The van der Waals surface area contributed by atoms with Crippen molar-refractivity contribution in [1.29, 1.82) is 0 Å². The van der Waals surface area contributed by atoms with E-state index in [1.165, 1.54) is 17.1 Å². The van der Waals surface area contributed by atoms with Gasteiger partial charge in [0.2, 0.25) is 5.91 Å². The topological polar surface area (TPSA) is 122 Å². The molecule has 24 heavy (non-hydrogen) atoms. The minimum Gasteiger partial charge on any atom is -0.394 e. The predicted molar refractivity (Wildman–Crippen MR) is 90.2 cm³/mol. The summed E-state index contributed by atoms with van der Waals surface area (Å²) in [5.41, 5.74) is 4.99. The highest BCUT2D eigenvalue weighted by Crippen LogP contribution is 2.43. The minimum absolute atomic E-state index is 0.0461. The molecule has 1 aromatic rings. The van der Waals surface area contributed by atoms with Gasteiger partial charge >= 0.3 is 6.03 Å². The Morgan fingerprint density at radius 2 is 2.17 bits per heavy atom. The van der Waals surface area contributed by atoms with Gasteiger partial charge in [0, 0.05) is 6.20 Å². The van der Waals surface area contributed by atoms with Crippen LogP contribution in [-0.2, 0) is 11.3 Å². The molecule has 0 saturated heterocycles. The van der Waals surface area contributed by atoms with Crippen molar-refractivity contribution < 1.29 is 14.7 Å². The van der Waals surface area contributed by atoms with Crippen molar-refractivity contribution in [3.63, 3.8) is 0 Å². The van der Waals surface area contributed by atoms with Gasteiger partial charge in [0.1, 0.15) is 6.54 Å². The van der Waals surface area contributed by atoms with E-state index < -0.39 is 17.5 Å².